The van der Waals surface area contributed by atoms with Crippen molar-refractivity contribution in [3.8, 4) is 11.1 Å². The number of ketones is 1. The maximum absolute atomic E-state index is 13.9. The molecule has 15 heteroatoms. The number of pyridine rings is 1. The van der Waals surface area contributed by atoms with Gasteiger partial charge in [-0.15, -0.1) is 0 Å². The van der Waals surface area contributed by atoms with Gasteiger partial charge in [0.25, 0.3) is 0 Å². The Morgan fingerprint density at radius 2 is 1.27 bits per heavy atom. The molecule has 4 heterocycles. The molecule has 15 nitrogen and oxygen atoms in total. The summed E-state index contributed by atoms with van der Waals surface area (Å²) in [5, 5.41) is 5.69. The normalized spacial score (nSPS) is 19.8. The molecule has 2 unspecified atom stereocenters. The molecule has 3 aliphatic rings. The molecule has 3 aromatic carbocycles. The molecular weight excluding hydrogens is 887 g/mol. The van der Waals surface area contributed by atoms with Crippen molar-refractivity contribution < 1.29 is 38.2 Å². The monoisotopic (exact) mass is 956 g/mol. The average molecular weight is 956 g/mol. The fourth-order valence-corrected chi connectivity index (χ4v) is 10.3. The molecule has 1 aromatic heterocycles. The molecule has 70 heavy (non-hydrogen) atoms. The highest BCUT2D eigenvalue weighted by atomic mass is 16.5. The lowest BCUT2D eigenvalue weighted by molar-refractivity contribution is -0.149. The molecular formula is C55H69N7O8. The van der Waals surface area contributed by atoms with Crippen molar-refractivity contribution in [3.05, 3.63) is 108 Å². The number of hydrogen-bond acceptors (Lipinski definition) is 11. The summed E-state index contributed by atoms with van der Waals surface area (Å²) in [7, 11) is 6.51. The summed E-state index contributed by atoms with van der Waals surface area (Å²) in [6.45, 7) is 8.43. The van der Waals surface area contributed by atoms with E-state index in [4.69, 9.17) is 9.47 Å². The van der Waals surface area contributed by atoms with Gasteiger partial charge in [-0.25, -0.2) is 9.78 Å². The zero-order valence-electron chi connectivity index (χ0n) is 41.9. The van der Waals surface area contributed by atoms with E-state index in [0.717, 1.165) is 58.6 Å². The van der Waals surface area contributed by atoms with Crippen LogP contribution in [0.4, 0.5) is 22.0 Å². The Hall–Kier alpha value is -6.77. The smallest absolute Gasteiger partial charge is 0.407 e. The molecule has 0 radical (unpaired) electrons. The van der Waals surface area contributed by atoms with Crippen LogP contribution in [0.3, 0.4) is 0 Å². The first kappa shape index (κ1) is 51.1. The largest absolute Gasteiger partial charge is 0.469 e. The summed E-state index contributed by atoms with van der Waals surface area (Å²) in [4.78, 5) is 91.5. The highest BCUT2D eigenvalue weighted by Gasteiger charge is 2.41. The number of benzene rings is 3. The number of rotatable bonds is 17. The summed E-state index contributed by atoms with van der Waals surface area (Å²) in [5.74, 6) is -1.13. The van der Waals surface area contributed by atoms with Crippen molar-refractivity contribution in [2.45, 2.75) is 109 Å². The SMILES string of the molecule is COC(=O)C[C@H](C(=O)N1CCC[C@H]1C(=O)Cc1ccc(C2CCC(c3ccc(NC(=O)[C@@H]4CCCN4C(=O)[C@@H](NC(=O)OC)C(C)C)cc3)N2c2ccc(-c3ccc(N(C)C)nc3)cc2)cc1)C(C)C. The van der Waals surface area contributed by atoms with Crippen LogP contribution in [0.2, 0.25) is 0 Å². The van der Waals surface area contributed by atoms with Crippen molar-refractivity contribution in [1.29, 1.82) is 0 Å². The van der Waals surface area contributed by atoms with E-state index >= 15 is 0 Å². The number of nitrogens with one attached hydrogen (secondary N) is 2. The van der Waals surface area contributed by atoms with Crippen LogP contribution in [0.15, 0.2) is 91.1 Å². The predicted molar refractivity (Wildman–Crippen MR) is 270 cm³/mol. The second-order valence-electron chi connectivity index (χ2n) is 19.7. The van der Waals surface area contributed by atoms with Gasteiger partial charge < -0.3 is 39.7 Å². The van der Waals surface area contributed by atoms with Gasteiger partial charge in [0.1, 0.15) is 17.9 Å². The van der Waals surface area contributed by atoms with Gasteiger partial charge >= 0.3 is 12.1 Å². The van der Waals surface area contributed by atoms with E-state index in [0.29, 0.717) is 38.0 Å². The summed E-state index contributed by atoms with van der Waals surface area (Å²) < 4.78 is 9.63. The maximum atomic E-state index is 13.9. The number of amides is 4. The molecule has 4 amide bonds. The quantitative estimate of drug-likeness (QED) is 0.0980. The Bertz CT molecular complexity index is 2350. The fourth-order valence-electron chi connectivity index (χ4n) is 10.3. The molecule has 0 saturated carbocycles. The van der Waals surface area contributed by atoms with Crippen molar-refractivity contribution in [2.24, 2.45) is 17.8 Å². The number of methoxy groups -OCH3 is 2. The van der Waals surface area contributed by atoms with E-state index in [9.17, 15) is 28.8 Å². The van der Waals surface area contributed by atoms with E-state index in [1.165, 1.54) is 14.2 Å². The second-order valence-corrected chi connectivity index (χ2v) is 19.7. The Morgan fingerprint density at radius 1 is 0.686 bits per heavy atom. The van der Waals surface area contributed by atoms with E-state index in [-0.39, 0.29) is 60.3 Å². The van der Waals surface area contributed by atoms with Crippen molar-refractivity contribution in [3.63, 3.8) is 0 Å². The third kappa shape index (κ3) is 11.6. The molecule has 0 bridgehead atoms. The molecule has 4 aromatic rings. The maximum Gasteiger partial charge on any atom is 0.407 e. The first-order valence-electron chi connectivity index (χ1n) is 24.6. The standard InChI is InChI=1S/C55H69N7O8/c1-34(2)43(32-50(64)69-7)53(66)60-29-9-11-46(60)48(63)31-36-13-15-38(16-14-36)44-26-27-45(62(44)42-24-19-37(20-25-42)40-21-28-49(56-33-40)59(5)6)39-17-22-41(23-18-39)57-52(65)47-12-10-30-61(47)54(67)51(35(3)4)58-55(68)70-8/h13-25,28,33-35,43-47,51H,9-12,26-27,29-32H2,1-8H3,(H,57,65)(H,58,68)/t43-,44?,45?,46-,47-,51-/m0/s1. The Kier molecular flexibility index (Phi) is 16.6. The van der Waals surface area contributed by atoms with Gasteiger partial charge in [0.15, 0.2) is 5.78 Å². The topological polar surface area (TPSA) is 171 Å². The molecule has 0 spiro atoms. The van der Waals surface area contributed by atoms with E-state index < -0.39 is 36.1 Å². The second kappa shape index (κ2) is 22.8. The number of ether oxygens (including phenoxy) is 2. The highest BCUT2D eigenvalue weighted by Crippen LogP contribution is 2.47. The fraction of sp³-hybridized carbons (Fsp3) is 0.473. The van der Waals surface area contributed by atoms with E-state index in [1.807, 2.05) is 83.2 Å². The first-order chi connectivity index (χ1) is 33.6. The van der Waals surface area contributed by atoms with Gasteiger partial charge in [-0.1, -0.05) is 76.2 Å². The van der Waals surface area contributed by atoms with Crippen molar-refractivity contribution in [2.75, 3.05) is 56.5 Å². The molecule has 372 valence electrons. The molecule has 0 aliphatic carbocycles. The van der Waals surface area contributed by atoms with Gasteiger partial charge in [0, 0.05) is 56.7 Å². The Balaban J connectivity index is 1.09. The van der Waals surface area contributed by atoms with Crippen LogP contribution in [0.25, 0.3) is 11.1 Å². The predicted octanol–water partition coefficient (Wildman–Crippen LogP) is 8.15. The Morgan fingerprint density at radius 3 is 1.81 bits per heavy atom. The lowest BCUT2D eigenvalue weighted by Crippen LogP contribution is -2.54. The van der Waals surface area contributed by atoms with Crippen LogP contribution in [0, 0.1) is 17.8 Å². The summed E-state index contributed by atoms with van der Waals surface area (Å²) in [6.07, 6.45) is 5.65. The Labute approximate surface area is 412 Å². The van der Waals surface area contributed by atoms with Crippen molar-refractivity contribution >= 4 is 52.8 Å². The molecule has 7 rings (SSSR count). The number of carbonyl (C=O) groups excluding carboxylic acids is 6. The van der Waals surface area contributed by atoms with Gasteiger partial charge in [0.05, 0.1) is 44.7 Å². The molecule has 2 N–H and O–H groups in total. The van der Waals surface area contributed by atoms with Crippen molar-refractivity contribution in [1.82, 2.24) is 20.1 Å². The third-order valence-electron chi connectivity index (χ3n) is 14.3. The van der Waals surface area contributed by atoms with Gasteiger partial charge in [0.2, 0.25) is 17.7 Å². The molecule has 6 atom stereocenters. The van der Waals surface area contributed by atoms with Gasteiger partial charge in [-0.3, -0.25) is 24.0 Å². The summed E-state index contributed by atoms with van der Waals surface area (Å²) >= 11 is 0. The molecule has 3 saturated heterocycles. The number of esters is 1. The average Bonchev–Trinajstić information content (AvgIpc) is 4.16. The number of alkyl carbamates (subject to hydrolysis) is 1. The number of hydrogen-bond donors (Lipinski definition) is 2. The van der Waals surface area contributed by atoms with Crippen LogP contribution in [-0.4, -0.2) is 110 Å². The lowest BCUT2D eigenvalue weighted by atomic mass is 9.90. The number of nitrogens with zero attached hydrogens (tertiary/aromatic N) is 5. The number of aromatic nitrogens is 1. The summed E-state index contributed by atoms with van der Waals surface area (Å²) in [6, 6.07) is 26.9. The zero-order chi connectivity index (χ0) is 50.2. The number of Topliss-reactive ketones (excluding diaryl/α,β-unsaturated/α-hetero) is 1. The van der Waals surface area contributed by atoms with Crippen LogP contribution in [0.1, 0.15) is 101 Å². The van der Waals surface area contributed by atoms with Crippen LogP contribution in [-0.2, 0) is 39.9 Å². The number of anilines is 3. The van der Waals surface area contributed by atoms with Crippen LogP contribution >= 0.6 is 0 Å². The minimum absolute atomic E-state index is 0.000791. The number of likely N-dealkylation sites (tertiary alicyclic amines) is 2. The minimum atomic E-state index is -0.820. The first-order valence-corrected chi connectivity index (χ1v) is 24.6. The summed E-state index contributed by atoms with van der Waals surface area (Å²) in [5.41, 5.74) is 6.82. The zero-order valence-corrected chi connectivity index (χ0v) is 41.9. The molecule has 3 aliphatic heterocycles. The minimum Gasteiger partial charge on any atom is -0.469 e. The van der Waals surface area contributed by atoms with E-state index in [1.54, 1.807) is 9.80 Å². The van der Waals surface area contributed by atoms with Crippen LogP contribution in [0.5, 0.6) is 0 Å². The highest BCUT2D eigenvalue weighted by molar-refractivity contribution is 5.99. The lowest BCUT2D eigenvalue weighted by Gasteiger charge is -2.33. The van der Waals surface area contributed by atoms with Gasteiger partial charge in [-0.05, 0) is 109 Å². The van der Waals surface area contributed by atoms with Gasteiger partial charge in [-0.2, -0.15) is 0 Å². The van der Waals surface area contributed by atoms with Crippen LogP contribution < -0.4 is 20.4 Å². The molecule has 3 fully saturated rings. The third-order valence-corrected chi connectivity index (χ3v) is 14.3. The number of carbonyl (C=O) groups is 6. The van der Waals surface area contributed by atoms with E-state index in [2.05, 4.69) is 75.1 Å².